The maximum atomic E-state index is 12.2. The summed E-state index contributed by atoms with van der Waals surface area (Å²) in [6.45, 7) is 2.92. The van der Waals surface area contributed by atoms with Gasteiger partial charge in [-0.05, 0) is 43.3 Å². The van der Waals surface area contributed by atoms with Gasteiger partial charge in [-0.3, -0.25) is 4.79 Å². The molecule has 2 rings (SSSR count). The summed E-state index contributed by atoms with van der Waals surface area (Å²) in [7, 11) is 2.80. The van der Waals surface area contributed by atoms with Crippen molar-refractivity contribution in [3.63, 3.8) is 0 Å². The van der Waals surface area contributed by atoms with Gasteiger partial charge >= 0.3 is 0 Å². The third kappa shape index (κ3) is 2.39. The largest absolute Gasteiger partial charge is 0.335 e. The Morgan fingerprint density at radius 1 is 1.44 bits per heavy atom. The molecule has 1 saturated heterocycles. The molecule has 0 aromatic heterocycles. The molecule has 1 heterocycles. The van der Waals surface area contributed by atoms with Crippen molar-refractivity contribution in [2.24, 2.45) is 0 Å². The highest BCUT2D eigenvalue weighted by Gasteiger charge is 2.30. The van der Waals surface area contributed by atoms with E-state index in [0.717, 1.165) is 18.5 Å². The minimum absolute atomic E-state index is 0.106. The number of nitrogens with zero attached hydrogens (tertiary/aromatic N) is 1. The summed E-state index contributed by atoms with van der Waals surface area (Å²) in [6.07, 6.45) is 1.06. The van der Waals surface area contributed by atoms with Gasteiger partial charge in [-0.1, -0.05) is 11.6 Å². The Hall–Kier alpha value is -0.590. The number of hydrogen-bond donors (Lipinski definition) is 0. The van der Waals surface area contributed by atoms with Crippen molar-refractivity contribution in [2.75, 3.05) is 6.54 Å². The molecule has 1 aromatic carbocycles. The molecule has 1 fully saturated rings. The van der Waals surface area contributed by atoms with Crippen LogP contribution < -0.4 is 0 Å². The second kappa shape index (κ2) is 4.73. The first kappa shape index (κ1) is 11.9. The molecule has 0 radical (unpaired) electrons. The molecule has 0 aliphatic carbocycles. The van der Waals surface area contributed by atoms with E-state index in [-0.39, 0.29) is 5.91 Å². The molecule has 1 unspecified atom stereocenters. The summed E-state index contributed by atoms with van der Waals surface area (Å²) in [5.74, 6) is 0.106. The van der Waals surface area contributed by atoms with E-state index < -0.39 is 0 Å². The minimum Gasteiger partial charge on any atom is -0.335 e. The Labute approximate surface area is 103 Å². The highest BCUT2D eigenvalue weighted by Crippen LogP contribution is 2.25. The lowest BCUT2D eigenvalue weighted by Crippen LogP contribution is -2.34. The lowest BCUT2D eigenvalue weighted by molar-refractivity contribution is 0.0748. The number of amides is 1. The van der Waals surface area contributed by atoms with Crippen LogP contribution in [-0.4, -0.2) is 29.1 Å². The van der Waals surface area contributed by atoms with Crippen LogP contribution in [0.5, 0.6) is 0 Å². The molecule has 1 aliphatic heterocycles. The summed E-state index contributed by atoms with van der Waals surface area (Å²) in [5, 5.41) is 0.662. The molecule has 4 heteroatoms. The summed E-state index contributed by atoms with van der Waals surface area (Å²) in [5.41, 5.74) is 1.24. The van der Waals surface area contributed by atoms with Crippen molar-refractivity contribution in [3.05, 3.63) is 34.9 Å². The molecule has 0 N–H and O–H groups in total. The van der Waals surface area contributed by atoms with Crippen molar-refractivity contribution in [3.8, 4) is 0 Å². The molecular weight excluding hydrogens is 241 g/mol. The van der Waals surface area contributed by atoms with E-state index in [1.54, 1.807) is 24.3 Å². The maximum absolute atomic E-state index is 12.2. The summed E-state index contributed by atoms with van der Waals surface area (Å²) in [6, 6.07) is 7.41. The number of carbonyl (C=O) groups excluding carboxylic acids is 1. The topological polar surface area (TPSA) is 20.3 Å². The SMILES string of the molecule is C[C@@H]1C[C@@H](P)CN1C(=O)c1ccc(Cl)cc1. The molecule has 2 nitrogen and oxygen atoms in total. The Morgan fingerprint density at radius 3 is 2.56 bits per heavy atom. The maximum Gasteiger partial charge on any atom is 0.254 e. The van der Waals surface area contributed by atoms with Gasteiger partial charge in [0, 0.05) is 23.2 Å². The predicted molar refractivity (Wildman–Crippen MR) is 70.1 cm³/mol. The first-order valence-corrected chi connectivity index (χ1v) is 6.44. The fourth-order valence-electron chi connectivity index (χ4n) is 2.11. The Morgan fingerprint density at radius 2 is 2.06 bits per heavy atom. The predicted octanol–water partition coefficient (Wildman–Crippen LogP) is 2.82. The Kier molecular flexibility index (Phi) is 3.51. The lowest BCUT2D eigenvalue weighted by atomic mass is 10.2. The van der Waals surface area contributed by atoms with Gasteiger partial charge in [-0.2, -0.15) is 0 Å². The van der Waals surface area contributed by atoms with E-state index >= 15 is 0 Å². The average molecular weight is 256 g/mol. The third-order valence-electron chi connectivity index (χ3n) is 2.96. The van der Waals surface area contributed by atoms with Crippen molar-refractivity contribution in [1.29, 1.82) is 0 Å². The smallest absolute Gasteiger partial charge is 0.254 e. The van der Waals surface area contributed by atoms with Gasteiger partial charge in [-0.25, -0.2) is 0 Å². The number of benzene rings is 1. The normalized spacial score (nSPS) is 24.8. The third-order valence-corrected chi connectivity index (χ3v) is 3.69. The van der Waals surface area contributed by atoms with Crippen LogP contribution in [0.25, 0.3) is 0 Å². The second-order valence-electron chi connectivity index (χ2n) is 4.31. The number of rotatable bonds is 1. The number of hydrogen-bond acceptors (Lipinski definition) is 1. The molecule has 86 valence electrons. The van der Waals surface area contributed by atoms with E-state index in [2.05, 4.69) is 16.2 Å². The summed E-state index contributed by atoms with van der Waals surface area (Å²) in [4.78, 5) is 14.1. The van der Waals surface area contributed by atoms with Crippen LogP contribution in [0.1, 0.15) is 23.7 Å². The zero-order valence-corrected chi connectivity index (χ0v) is 11.1. The standard InChI is InChI=1S/C12H15ClNOP/c1-8-6-11(16)7-14(8)12(15)9-2-4-10(13)5-3-9/h2-5,8,11H,6-7,16H2,1H3/t8-,11-/m1/s1. The molecule has 3 atom stereocenters. The summed E-state index contributed by atoms with van der Waals surface area (Å²) >= 11 is 5.80. The van der Waals surface area contributed by atoms with Gasteiger partial charge in [0.15, 0.2) is 0 Å². The summed E-state index contributed by atoms with van der Waals surface area (Å²) < 4.78 is 0. The minimum atomic E-state index is 0.106. The molecular formula is C12H15ClNOP. The molecule has 1 aromatic rings. The number of likely N-dealkylation sites (tertiary alicyclic amines) is 1. The van der Waals surface area contributed by atoms with Crippen LogP contribution in [0, 0.1) is 0 Å². The van der Waals surface area contributed by atoms with E-state index in [1.807, 2.05) is 4.90 Å². The van der Waals surface area contributed by atoms with Crippen molar-refractivity contribution in [1.82, 2.24) is 4.90 Å². The van der Waals surface area contributed by atoms with Gasteiger partial charge in [0.25, 0.3) is 5.91 Å². The number of halogens is 1. The Bertz CT molecular complexity index is 393. The fourth-order valence-corrected chi connectivity index (χ4v) is 2.86. The van der Waals surface area contributed by atoms with Crippen molar-refractivity contribution < 1.29 is 4.79 Å². The van der Waals surface area contributed by atoms with Gasteiger partial charge in [0.1, 0.15) is 0 Å². The molecule has 16 heavy (non-hydrogen) atoms. The van der Waals surface area contributed by atoms with Crippen LogP contribution in [0.2, 0.25) is 5.02 Å². The zero-order chi connectivity index (χ0) is 11.7. The van der Waals surface area contributed by atoms with Crippen molar-refractivity contribution >= 4 is 26.7 Å². The molecule has 0 spiro atoms. The average Bonchev–Trinajstić information content (AvgIpc) is 2.58. The molecule has 0 saturated carbocycles. The molecule has 0 bridgehead atoms. The highest BCUT2D eigenvalue weighted by molar-refractivity contribution is 7.17. The van der Waals surface area contributed by atoms with E-state index in [4.69, 9.17) is 11.6 Å². The zero-order valence-electron chi connectivity index (χ0n) is 9.19. The number of carbonyl (C=O) groups is 1. The van der Waals surface area contributed by atoms with Crippen LogP contribution in [0.4, 0.5) is 0 Å². The highest BCUT2D eigenvalue weighted by atomic mass is 35.5. The first-order chi connectivity index (χ1) is 7.58. The van der Waals surface area contributed by atoms with Gasteiger partial charge in [-0.15, -0.1) is 9.24 Å². The second-order valence-corrected chi connectivity index (χ2v) is 5.69. The van der Waals surface area contributed by atoms with E-state index in [0.29, 0.717) is 16.7 Å². The monoisotopic (exact) mass is 255 g/mol. The van der Waals surface area contributed by atoms with Crippen LogP contribution >= 0.6 is 20.8 Å². The quantitative estimate of drug-likeness (QED) is 0.707. The van der Waals surface area contributed by atoms with Crippen LogP contribution in [0.3, 0.4) is 0 Å². The first-order valence-electron chi connectivity index (χ1n) is 5.40. The van der Waals surface area contributed by atoms with Gasteiger partial charge < -0.3 is 4.90 Å². The lowest BCUT2D eigenvalue weighted by Gasteiger charge is -2.21. The Balaban J connectivity index is 2.16. The van der Waals surface area contributed by atoms with Crippen molar-refractivity contribution in [2.45, 2.75) is 25.0 Å². The molecule has 1 aliphatic rings. The van der Waals surface area contributed by atoms with E-state index in [1.165, 1.54) is 0 Å². The van der Waals surface area contributed by atoms with Gasteiger partial charge in [0.2, 0.25) is 0 Å². The van der Waals surface area contributed by atoms with E-state index in [9.17, 15) is 4.79 Å². The van der Waals surface area contributed by atoms with Crippen LogP contribution in [0.15, 0.2) is 24.3 Å². The van der Waals surface area contributed by atoms with Crippen LogP contribution in [-0.2, 0) is 0 Å². The fraction of sp³-hybridized carbons (Fsp3) is 0.417. The molecule has 1 amide bonds. The van der Waals surface area contributed by atoms with Gasteiger partial charge in [0.05, 0.1) is 0 Å².